The van der Waals surface area contributed by atoms with Crippen molar-refractivity contribution < 1.29 is 14.3 Å². The predicted molar refractivity (Wildman–Crippen MR) is 136 cm³/mol. The molecule has 1 aromatic carbocycles. The Bertz CT molecular complexity index is 1060. The lowest BCUT2D eigenvalue weighted by Crippen LogP contribution is -2.40. The SMILES string of the molecule is CCOC(=O)C(C)(C)Oc1ccc(CCNCCCCCCCc2nn(C)c(=O)n(C)c2=O)cc1. The topological polar surface area (TPSA) is 104 Å². The zero-order valence-corrected chi connectivity index (χ0v) is 21.8. The summed E-state index contributed by atoms with van der Waals surface area (Å²) in [6.07, 6.45) is 6.80. The number of carbonyl (C=O) groups excluding carboxylic acids is 1. The molecule has 1 aromatic heterocycles. The van der Waals surface area contributed by atoms with E-state index in [0.29, 0.717) is 24.5 Å². The molecule has 1 heterocycles. The maximum absolute atomic E-state index is 12.1. The van der Waals surface area contributed by atoms with E-state index in [4.69, 9.17) is 9.47 Å². The first-order valence-corrected chi connectivity index (χ1v) is 12.4. The highest BCUT2D eigenvalue weighted by molar-refractivity contribution is 5.79. The number of ether oxygens (including phenoxy) is 2. The molecule has 0 aliphatic rings. The Balaban J connectivity index is 1.56. The number of unbranched alkanes of at least 4 members (excludes halogenated alkanes) is 4. The van der Waals surface area contributed by atoms with Crippen molar-refractivity contribution in [2.24, 2.45) is 14.1 Å². The van der Waals surface area contributed by atoms with Crippen LogP contribution in [-0.4, -0.2) is 45.6 Å². The van der Waals surface area contributed by atoms with Crippen molar-refractivity contribution in [3.05, 3.63) is 56.4 Å². The third-order valence-electron chi connectivity index (χ3n) is 5.81. The van der Waals surface area contributed by atoms with Crippen molar-refractivity contribution in [3.63, 3.8) is 0 Å². The van der Waals surface area contributed by atoms with Gasteiger partial charge in [0, 0.05) is 14.1 Å². The van der Waals surface area contributed by atoms with Crippen molar-refractivity contribution >= 4 is 5.97 Å². The third kappa shape index (κ3) is 8.98. The number of hydrogen-bond donors (Lipinski definition) is 1. The van der Waals surface area contributed by atoms with Crippen LogP contribution in [0, 0.1) is 0 Å². The predicted octanol–water partition coefficient (Wildman–Crippen LogP) is 2.52. The minimum atomic E-state index is -1.02. The Morgan fingerprint density at radius 2 is 1.63 bits per heavy atom. The van der Waals surface area contributed by atoms with Gasteiger partial charge in [0.15, 0.2) is 5.60 Å². The van der Waals surface area contributed by atoms with Crippen LogP contribution in [0.25, 0.3) is 0 Å². The van der Waals surface area contributed by atoms with Gasteiger partial charge in [-0.3, -0.25) is 9.36 Å². The first-order chi connectivity index (χ1) is 16.7. The van der Waals surface area contributed by atoms with Crippen LogP contribution in [0.3, 0.4) is 0 Å². The van der Waals surface area contributed by atoms with Gasteiger partial charge in [0.1, 0.15) is 11.4 Å². The number of esters is 1. The Kier molecular flexibility index (Phi) is 11.2. The number of carbonyl (C=O) groups is 1. The molecule has 2 aromatic rings. The highest BCUT2D eigenvalue weighted by Gasteiger charge is 2.31. The van der Waals surface area contributed by atoms with Crippen LogP contribution in [0.1, 0.15) is 64.1 Å². The maximum Gasteiger partial charge on any atom is 0.349 e. The number of aryl methyl sites for hydroxylation is 2. The van der Waals surface area contributed by atoms with E-state index >= 15 is 0 Å². The number of benzene rings is 1. The van der Waals surface area contributed by atoms with Gasteiger partial charge in [-0.05, 0) is 77.2 Å². The van der Waals surface area contributed by atoms with E-state index in [0.717, 1.165) is 56.2 Å². The van der Waals surface area contributed by atoms with E-state index in [1.165, 1.54) is 17.3 Å². The molecule has 194 valence electrons. The average Bonchev–Trinajstić information content (AvgIpc) is 2.83. The molecule has 0 saturated carbocycles. The molecule has 0 atom stereocenters. The lowest BCUT2D eigenvalue weighted by molar-refractivity contribution is -0.158. The third-order valence-corrected chi connectivity index (χ3v) is 5.81. The summed E-state index contributed by atoms with van der Waals surface area (Å²) in [5.74, 6) is 0.271. The first kappa shape index (κ1) is 28.3. The van der Waals surface area contributed by atoms with Gasteiger partial charge in [0.25, 0.3) is 5.56 Å². The molecule has 0 aliphatic carbocycles. The minimum absolute atomic E-state index is 0.292. The van der Waals surface area contributed by atoms with Gasteiger partial charge in [-0.15, -0.1) is 0 Å². The summed E-state index contributed by atoms with van der Waals surface area (Å²) in [5, 5.41) is 7.57. The van der Waals surface area contributed by atoms with Crippen LogP contribution in [0.5, 0.6) is 5.75 Å². The second-order valence-corrected chi connectivity index (χ2v) is 9.21. The summed E-state index contributed by atoms with van der Waals surface area (Å²) in [5.41, 5.74) is -0.0446. The van der Waals surface area contributed by atoms with Crippen LogP contribution >= 0.6 is 0 Å². The van der Waals surface area contributed by atoms with Crippen LogP contribution in [-0.2, 0) is 36.5 Å². The van der Waals surface area contributed by atoms with Gasteiger partial charge >= 0.3 is 11.7 Å². The van der Waals surface area contributed by atoms with Crippen molar-refractivity contribution in [1.82, 2.24) is 19.7 Å². The molecule has 0 radical (unpaired) electrons. The molecule has 0 spiro atoms. The summed E-state index contributed by atoms with van der Waals surface area (Å²) in [4.78, 5) is 35.7. The monoisotopic (exact) mass is 488 g/mol. The molecule has 9 heteroatoms. The Hall–Kier alpha value is -2.94. The van der Waals surface area contributed by atoms with Gasteiger partial charge in [-0.1, -0.05) is 31.4 Å². The minimum Gasteiger partial charge on any atom is -0.476 e. The van der Waals surface area contributed by atoms with Gasteiger partial charge in [-0.2, -0.15) is 5.10 Å². The molecule has 0 amide bonds. The molecule has 0 saturated heterocycles. The molecule has 35 heavy (non-hydrogen) atoms. The number of nitrogens with one attached hydrogen (secondary N) is 1. The fourth-order valence-corrected chi connectivity index (χ4v) is 3.72. The molecule has 0 fully saturated rings. The average molecular weight is 489 g/mol. The summed E-state index contributed by atoms with van der Waals surface area (Å²) in [6.45, 7) is 7.38. The summed E-state index contributed by atoms with van der Waals surface area (Å²) in [6, 6.07) is 7.81. The van der Waals surface area contributed by atoms with Crippen LogP contribution in [0.4, 0.5) is 0 Å². The van der Waals surface area contributed by atoms with Crippen LogP contribution in [0.15, 0.2) is 33.9 Å². The Morgan fingerprint density at radius 1 is 0.971 bits per heavy atom. The molecular formula is C26H40N4O5. The second kappa shape index (κ2) is 13.8. The van der Waals surface area contributed by atoms with Crippen LogP contribution < -0.4 is 21.3 Å². The molecule has 0 unspecified atom stereocenters. The molecular weight excluding hydrogens is 448 g/mol. The van der Waals surface area contributed by atoms with Gasteiger partial charge in [0.05, 0.1) is 6.61 Å². The molecule has 0 bridgehead atoms. The van der Waals surface area contributed by atoms with Crippen molar-refractivity contribution in [1.29, 1.82) is 0 Å². The molecule has 1 N–H and O–H groups in total. The quantitative estimate of drug-likeness (QED) is 0.303. The lowest BCUT2D eigenvalue weighted by Gasteiger charge is -2.24. The standard InChI is InChI=1S/C26H40N4O5/c1-6-34-24(32)26(2,3)35-21-15-13-20(14-16-21)17-19-27-18-11-9-7-8-10-12-22-23(31)29(4)25(33)30(5)28-22/h13-16,27H,6-12,17-19H2,1-5H3. The number of nitrogens with zero attached hydrogens (tertiary/aromatic N) is 3. The van der Waals surface area contributed by atoms with Crippen molar-refractivity contribution in [3.8, 4) is 5.75 Å². The van der Waals surface area contributed by atoms with E-state index < -0.39 is 11.3 Å². The van der Waals surface area contributed by atoms with Crippen molar-refractivity contribution in [2.75, 3.05) is 19.7 Å². The van der Waals surface area contributed by atoms with E-state index in [1.54, 1.807) is 27.8 Å². The van der Waals surface area contributed by atoms with Gasteiger partial charge in [0.2, 0.25) is 0 Å². The zero-order chi connectivity index (χ0) is 25.8. The Morgan fingerprint density at radius 3 is 2.31 bits per heavy atom. The largest absolute Gasteiger partial charge is 0.476 e. The fraction of sp³-hybridized carbons (Fsp3) is 0.615. The van der Waals surface area contributed by atoms with Gasteiger partial charge in [-0.25, -0.2) is 14.3 Å². The Labute approximate surface area is 207 Å². The number of aromatic nitrogens is 3. The van der Waals surface area contributed by atoms with Crippen molar-refractivity contribution in [2.45, 2.75) is 71.3 Å². The highest BCUT2D eigenvalue weighted by atomic mass is 16.6. The smallest absolute Gasteiger partial charge is 0.349 e. The summed E-state index contributed by atoms with van der Waals surface area (Å²) in [7, 11) is 3.05. The summed E-state index contributed by atoms with van der Waals surface area (Å²) < 4.78 is 13.2. The molecule has 9 nitrogen and oxygen atoms in total. The first-order valence-electron chi connectivity index (χ1n) is 12.4. The normalized spacial score (nSPS) is 11.5. The van der Waals surface area contributed by atoms with Crippen LogP contribution in [0.2, 0.25) is 0 Å². The van der Waals surface area contributed by atoms with E-state index in [2.05, 4.69) is 10.4 Å². The number of hydrogen-bond acceptors (Lipinski definition) is 7. The maximum atomic E-state index is 12.1. The zero-order valence-electron chi connectivity index (χ0n) is 21.8. The second-order valence-electron chi connectivity index (χ2n) is 9.21. The lowest BCUT2D eigenvalue weighted by atomic mass is 10.1. The van der Waals surface area contributed by atoms with E-state index in [1.807, 2.05) is 24.3 Å². The van der Waals surface area contributed by atoms with Gasteiger partial charge < -0.3 is 14.8 Å². The summed E-state index contributed by atoms with van der Waals surface area (Å²) >= 11 is 0. The molecule has 0 aliphatic heterocycles. The van der Waals surface area contributed by atoms with E-state index in [9.17, 15) is 14.4 Å². The fourth-order valence-electron chi connectivity index (χ4n) is 3.72. The van der Waals surface area contributed by atoms with E-state index in [-0.39, 0.29) is 11.5 Å². The number of rotatable bonds is 15. The highest BCUT2D eigenvalue weighted by Crippen LogP contribution is 2.20. The molecule has 2 rings (SSSR count).